The summed E-state index contributed by atoms with van der Waals surface area (Å²) in [4.78, 5) is 52.2. The van der Waals surface area contributed by atoms with Gasteiger partial charge >= 0.3 is 11.7 Å². The van der Waals surface area contributed by atoms with E-state index in [2.05, 4.69) is 15.6 Å². The Labute approximate surface area is 167 Å². The Morgan fingerprint density at radius 3 is 2.48 bits per heavy atom. The first-order chi connectivity index (χ1) is 13.9. The Balaban J connectivity index is 2.27. The van der Waals surface area contributed by atoms with Crippen molar-refractivity contribution < 1.29 is 9.59 Å². The van der Waals surface area contributed by atoms with Crippen LogP contribution in [0.1, 0.15) is 25.8 Å². The summed E-state index contributed by atoms with van der Waals surface area (Å²) < 4.78 is 1.24. The van der Waals surface area contributed by atoms with Gasteiger partial charge in [0.2, 0.25) is 5.91 Å². The molecule has 0 fully saturated rings. The molecule has 0 atom stereocenters. The van der Waals surface area contributed by atoms with E-state index in [-0.39, 0.29) is 31.1 Å². The standard InChI is InChI=1S/C19H26N6O4/c1-3-10-21-18(28)22-14(26)12-24(4-2)15-16(20)25(19(29)23-17(15)27)11-13-8-6-5-7-9-13/h5-9H,3-4,10-12,20H2,1-2H3,(H,23,27,29)(H2,21,22,26,28). The summed E-state index contributed by atoms with van der Waals surface area (Å²) in [5.74, 6) is -0.646. The van der Waals surface area contributed by atoms with Crippen LogP contribution in [-0.4, -0.2) is 41.1 Å². The van der Waals surface area contributed by atoms with Crippen molar-refractivity contribution in [3.8, 4) is 0 Å². The van der Waals surface area contributed by atoms with Crippen LogP contribution >= 0.6 is 0 Å². The number of amides is 3. The van der Waals surface area contributed by atoms with Crippen molar-refractivity contribution in [2.24, 2.45) is 0 Å². The molecule has 0 spiro atoms. The average molecular weight is 402 g/mol. The summed E-state index contributed by atoms with van der Waals surface area (Å²) >= 11 is 0. The first kappa shape index (κ1) is 21.7. The van der Waals surface area contributed by atoms with E-state index in [0.717, 1.165) is 12.0 Å². The maximum atomic E-state index is 12.4. The molecule has 1 aromatic heterocycles. The van der Waals surface area contributed by atoms with Gasteiger partial charge in [-0.05, 0) is 18.9 Å². The van der Waals surface area contributed by atoms with E-state index in [1.807, 2.05) is 37.3 Å². The number of anilines is 2. The fraction of sp³-hybridized carbons (Fsp3) is 0.368. The van der Waals surface area contributed by atoms with Crippen LogP contribution in [0.3, 0.4) is 0 Å². The van der Waals surface area contributed by atoms with E-state index in [4.69, 9.17) is 5.73 Å². The molecule has 1 heterocycles. The molecule has 3 amide bonds. The molecule has 1 aromatic carbocycles. The zero-order valence-corrected chi connectivity index (χ0v) is 16.5. The lowest BCUT2D eigenvalue weighted by Crippen LogP contribution is -2.46. The molecule has 2 aromatic rings. The molecule has 10 nitrogen and oxygen atoms in total. The number of imide groups is 1. The SMILES string of the molecule is CCCNC(=O)NC(=O)CN(CC)c1c(N)n(Cc2ccccc2)c(=O)[nH]c1=O. The molecule has 0 unspecified atom stereocenters. The number of nitrogens with two attached hydrogens (primary N) is 1. The van der Waals surface area contributed by atoms with Gasteiger partial charge in [-0.3, -0.25) is 24.5 Å². The molecule has 0 bridgehead atoms. The monoisotopic (exact) mass is 402 g/mol. The highest BCUT2D eigenvalue weighted by Gasteiger charge is 2.21. The molecular formula is C19H26N6O4. The Morgan fingerprint density at radius 1 is 1.17 bits per heavy atom. The zero-order valence-electron chi connectivity index (χ0n) is 16.5. The van der Waals surface area contributed by atoms with Crippen LogP contribution in [0.2, 0.25) is 0 Å². The Kier molecular flexibility index (Phi) is 7.58. The Bertz CT molecular complexity index is 967. The van der Waals surface area contributed by atoms with Crippen molar-refractivity contribution in [2.45, 2.75) is 26.8 Å². The summed E-state index contributed by atoms with van der Waals surface area (Å²) in [5.41, 5.74) is 5.64. The van der Waals surface area contributed by atoms with E-state index in [1.165, 1.54) is 9.47 Å². The van der Waals surface area contributed by atoms with Gasteiger partial charge in [-0.15, -0.1) is 0 Å². The third kappa shape index (κ3) is 5.71. The molecule has 0 radical (unpaired) electrons. The van der Waals surface area contributed by atoms with Crippen LogP contribution in [0, 0.1) is 0 Å². The lowest BCUT2D eigenvalue weighted by Gasteiger charge is -2.24. The van der Waals surface area contributed by atoms with Crippen LogP contribution in [0.25, 0.3) is 0 Å². The predicted molar refractivity (Wildman–Crippen MR) is 111 cm³/mol. The number of aromatic amines is 1. The number of nitrogens with zero attached hydrogens (tertiary/aromatic N) is 2. The fourth-order valence-electron chi connectivity index (χ4n) is 2.78. The number of hydrogen-bond acceptors (Lipinski definition) is 6. The third-order valence-corrected chi connectivity index (χ3v) is 4.22. The van der Waals surface area contributed by atoms with Crippen LogP contribution in [0.4, 0.5) is 16.3 Å². The van der Waals surface area contributed by atoms with Gasteiger partial charge in [-0.1, -0.05) is 37.3 Å². The van der Waals surface area contributed by atoms with Crippen LogP contribution in [-0.2, 0) is 11.3 Å². The van der Waals surface area contributed by atoms with Crippen molar-refractivity contribution in [1.82, 2.24) is 20.2 Å². The first-order valence-electron chi connectivity index (χ1n) is 9.36. The van der Waals surface area contributed by atoms with Crippen molar-refractivity contribution in [1.29, 1.82) is 0 Å². The maximum absolute atomic E-state index is 12.4. The largest absolute Gasteiger partial charge is 0.383 e. The normalized spacial score (nSPS) is 10.4. The second kappa shape index (κ2) is 10.1. The van der Waals surface area contributed by atoms with Gasteiger partial charge < -0.3 is 16.0 Å². The van der Waals surface area contributed by atoms with Crippen molar-refractivity contribution >= 4 is 23.4 Å². The van der Waals surface area contributed by atoms with E-state index in [0.29, 0.717) is 6.54 Å². The second-order valence-corrected chi connectivity index (χ2v) is 6.38. The average Bonchev–Trinajstić information content (AvgIpc) is 2.69. The molecule has 156 valence electrons. The number of H-pyrrole nitrogens is 1. The molecule has 5 N–H and O–H groups in total. The molecule has 0 aliphatic carbocycles. The Hall–Kier alpha value is -3.56. The molecule has 29 heavy (non-hydrogen) atoms. The molecule has 0 aliphatic heterocycles. The van der Waals surface area contributed by atoms with E-state index in [9.17, 15) is 19.2 Å². The number of hydrogen-bond donors (Lipinski definition) is 4. The predicted octanol–water partition coefficient (Wildman–Crippen LogP) is 0.229. The van der Waals surface area contributed by atoms with Crippen LogP contribution in [0.5, 0.6) is 0 Å². The van der Waals surface area contributed by atoms with Crippen molar-refractivity contribution in [3.63, 3.8) is 0 Å². The summed E-state index contributed by atoms with van der Waals surface area (Å²) in [6.45, 7) is 4.22. The minimum absolute atomic E-state index is 0.00662. The smallest absolute Gasteiger partial charge is 0.330 e. The second-order valence-electron chi connectivity index (χ2n) is 6.38. The topological polar surface area (TPSA) is 142 Å². The van der Waals surface area contributed by atoms with Crippen LogP contribution in [0.15, 0.2) is 39.9 Å². The minimum atomic E-state index is -0.693. The van der Waals surface area contributed by atoms with E-state index < -0.39 is 23.2 Å². The summed E-state index contributed by atoms with van der Waals surface area (Å²) in [6.07, 6.45) is 0.734. The number of carbonyl (C=O) groups is 2. The van der Waals surface area contributed by atoms with Crippen molar-refractivity contribution in [3.05, 3.63) is 56.7 Å². The molecule has 0 saturated carbocycles. The van der Waals surface area contributed by atoms with E-state index in [1.54, 1.807) is 6.92 Å². The molecule has 2 rings (SSSR count). The zero-order chi connectivity index (χ0) is 21.4. The lowest BCUT2D eigenvalue weighted by molar-refractivity contribution is -0.118. The van der Waals surface area contributed by atoms with E-state index >= 15 is 0 Å². The summed E-state index contributed by atoms with van der Waals surface area (Å²) in [6, 6.07) is 8.56. The maximum Gasteiger partial charge on any atom is 0.330 e. The highest BCUT2D eigenvalue weighted by atomic mass is 16.2. The van der Waals surface area contributed by atoms with Gasteiger partial charge in [-0.2, -0.15) is 0 Å². The number of urea groups is 1. The molecule has 0 aliphatic rings. The number of benzene rings is 1. The lowest BCUT2D eigenvalue weighted by atomic mass is 10.2. The van der Waals surface area contributed by atoms with Gasteiger partial charge in [-0.25, -0.2) is 9.59 Å². The number of nitrogen functional groups attached to an aromatic ring is 1. The third-order valence-electron chi connectivity index (χ3n) is 4.22. The van der Waals surface area contributed by atoms with Crippen molar-refractivity contribution in [2.75, 3.05) is 30.3 Å². The van der Waals surface area contributed by atoms with Gasteiger partial charge in [0.25, 0.3) is 5.56 Å². The van der Waals surface area contributed by atoms with Gasteiger partial charge in [0.15, 0.2) is 0 Å². The highest BCUT2D eigenvalue weighted by molar-refractivity contribution is 5.96. The quantitative estimate of drug-likeness (QED) is 0.498. The van der Waals surface area contributed by atoms with Gasteiger partial charge in [0.1, 0.15) is 11.5 Å². The van der Waals surface area contributed by atoms with Crippen LogP contribution < -0.4 is 32.5 Å². The number of rotatable bonds is 8. The fourth-order valence-corrected chi connectivity index (χ4v) is 2.78. The minimum Gasteiger partial charge on any atom is -0.383 e. The summed E-state index contributed by atoms with van der Waals surface area (Å²) in [7, 11) is 0. The number of aromatic nitrogens is 2. The molecule has 10 heteroatoms. The van der Waals surface area contributed by atoms with Gasteiger partial charge in [0.05, 0.1) is 13.1 Å². The summed E-state index contributed by atoms with van der Waals surface area (Å²) in [5, 5.41) is 4.74. The number of likely N-dealkylation sites (N-methyl/N-ethyl adjacent to an activating group) is 1. The molecular weight excluding hydrogens is 376 g/mol. The molecule has 0 saturated heterocycles. The first-order valence-corrected chi connectivity index (χ1v) is 9.36. The van der Waals surface area contributed by atoms with Gasteiger partial charge in [0, 0.05) is 13.1 Å². The number of nitrogens with one attached hydrogen (secondary N) is 3. The Morgan fingerprint density at radius 2 is 1.86 bits per heavy atom. The number of carbonyl (C=O) groups excluding carboxylic acids is 2. The highest BCUT2D eigenvalue weighted by Crippen LogP contribution is 2.17.